The third-order valence-corrected chi connectivity index (χ3v) is 11.0. The third-order valence-electron chi connectivity index (χ3n) is 11.0. The average molecular weight is 931 g/mol. The summed E-state index contributed by atoms with van der Waals surface area (Å²) in [7, 11) is 0. The molecular formula is C51H51AuN5-2. The summed E-state index contributed by atoms with van der Waals surface area (Å²) in [5.74, 6) is 2.48. The van der Waals surface area contributed by atoms with E-state index in [1.807, 2.05) is 42.6 Å². The Morgan fingerprint density at radius 2 is 0.947 bits per heavy atom. The minimum absolute atomic E-state index is 0. The molecule has 8 aromatic rings. The predicted octanol–water partition coefficient (Wildman–Crippen LogP) is 14.1. The number of rotatable bonds is 7. The van der Waals surface area contributed by atoms with E-state index in [0.29, 0.717) is 29.5 Å². The molecule has 0 atom stereocenters. The Morgan fingerprint density at radius 1 is 0.491 bits per heavy atom. The van der Waals surface area contributed by atoms with E-state index in [-0.39, 0.29) is 22.4 Å². The number of para-hydroxylation sites is 4. The minimum atomic E-state index is 0. The molecule has 0 saturated heterocycles. The maximum absolute atomic E-state index is 4.79. The predicted molar refractivity (Wildman–Crippen MR) is 238 cm³/mol. The Bertz CT molecular complexity index is 2530. The van der Waals surface area contributed by atoms with Crippen LogP contribution in [0.1, 0.15) is 101 Å². The van der Waals surface area contributed by atoms with E-state index in [1.54, 1.807) is 0 Å². The number of aromatic nitrogens is 3. The largest absolute Gasteiger partial charge is 0.473 e. The first-order chi connectivity index (χ1) is 27.1. The van der Waals surface area contributed by atoms with E-state index >= 15 is 0 Å². The molecule has 1 radical (unpaired) electrons. The number of hydrogen-bond donors (Lipinski definition) is 0. The molecular weight excluding hydrogens is 880 g/mol. The second-order valence-electron chi connectivity index (χ2n) is 16.1. The summed E-state index contributed by atoms with van der Waals surface area (Å²) in [6, 6.07) is 45.1. The van der Waals surface area contributed by atoms with E-state index in [9.17, 15) is 0 Å². The summed E-state index contributed by atoms with van der Waals surface area (Å²) >= 11 is 0. The molecule has 57 heavy (non-hydrogen) atoms. The van der Waals surface area contributed by atoms with Crippen molar-refractivity contribution in [2.24, 2.45) is 0 Å². The van der Waals surface area contributed by atoms with Crippen molar-refractivity contribution in [3.63, 3.8) is 0 Å². The molecule has 0 fully saturated rings. The molecule has 5 nitrogen and oxygen atoms in total. The topological polar surface area (TPSA) is 46.4 Å². The second kappa shape index (κ2) is 16.7. The number of imidazole rings is 1. The zero-order valence-electron chi connectivity index (χ0n) is 34.1. The van der Waals surface area contributed by atoms with Gasteiger partial charge in [-0.15, -0.1) is 6.67 Å². The quantitative estimate of drug-likeness (QED) is 0.118. The van der Waals surface area contributed by atoms with Crippen LogP contribution in [-0.4, -0.2) is 9.97 Å². The van der Waals surface area contributed by atoms with Gasteiger partial charge in [-0.25, -0.2) is 0 Å². The smallest absolute Gasteiger partial charge is 0.0698 e. The molecule has 2 aromatic heterocycles. The Morgan fingerprint density at radius 3 is 1.46 bits per heavy atom. The molecule has 0 N–H and O–H groups in total. The maximum atomic E-state index is 4.79. The van der Waals surface area contributed by atoms with Gasteiger partial charge in [-0.2, -0.15) is 0 Å². The number of pyridine rings is 1. The Hall–Kier alpha value is -5.20. The zero-order valence-corrected chi connectivity index (χ0v) is 36.3. The van der Waals surface area contributed by atoms with E-state index in [1.165, 1.54) is 50.4 Å². The fourth-order valence-electron chi connectivity index (χ4n) is 8.15. The fraction of sp³-hybridized carbons (Fsp3) is 0.235. The van der Waals surface area contributed by atoms with Crippen LogP contribution in [0.3, 0.4) is 0 Å². The van der Waals surface area contributed by atoms with Gasteiger partial charge in [0.2, 0.25) is 0 Å². The van der Waals surface area contributed by atoms with Crippen molar-refractivity contribution in [3.05, 3.63) is 163 Å². The summed E-state index contributed by atoms with van der Waals surface area (Å²) < 4.78 is 0. The van der Waals surface area contributed by atoms with Gasteiger partial charge < -0.3 is 19.8 Å². The first-order valence-corrected chi connectivity index (χ1v) is 20.1. The van der Waals surface area contributed by atoms with E-state index in [2.05, 4.69) is 168 Å². The molecule has 1 aliphatic heterocycles. The van der Waals surface area contributed by atoms with Crippen LogP contribution >= 0.6 is 0 Å². The average Bonchev–Trinajstić information content (AvgIpc) is 3.83. The molecule has 0 saturated carbocycles. The Kier molecular flexibility index (Phi) is 11.7. The zero-order chi connectivity index (χ0) is 39.1. The number of hydrogen-bond acceptors (Lipinski definition) is 4. The van der Waals surface area contributed by atoms with Crippen LogP contribution in [0.4, 0.5) is 22.7 Å². The normalized spacial score (nSPS) is 12.6. The van der Waals surface area contributed by atoms with Crippen molar-refractivity contribution < 1.29 is 22.4 Å². The molecule has 293 valence electrons. The second-order valence-corrected chi connectivity index (χ2v) is 16.1. The Labute approximate surface area is 353 Å². The van der Waals surface area contributed by atoms with Crippen LogP contribution in [0.15, 0.2) is 134 Å². The van der Waals surface area contributed by atoms with Crippen LogP contribution in [0.25, 0.3) is 44.1 Å². The Balaban J connectivity index is 0.000000181. The number of anilines is 4. The van der Waals surface area contributed by atoms with Crippen molar-refractivity contribution in [1.82, 2.24) is 15.0 Å². The van der Waals surface area contributed by atoms with Gasteiger partial charge in [0, 0.05) is 56.7 Å². The SMILES string of the molecule is CC(C)c1cccc(C(C)C)c1N1[CH-]N(c2c(C(C)C)cccc2C(C)C)c2ccccc21.[Au].c1ccc2c(-c3nc4c(ccc5ccccc54)[n-]3)nccc2c1. The van der Waals surface area contributed by atoms with Crippen LogP contribution in [0.2, 0.25) is 0 Å². The van der Waals surface area contributed by atoms with Gasteiger partial charge in [-0.3, -0.25) is 4.98 Å². The fourth-order valence-corrected chi connectivity index (χ4v) is 8.15. The summed E-state index contributed by atoms with van der Waals surface area (Å²) in [5, 5.41) is 4.53. The van der Waals surface area contributed by atoms with Crippen LogP contribution in [-0.2, 0) is 22.4 Å². The van der Waals surface area contributed by atoms with Gasteiger partial charge in [0.05, 0.1) is 5.69 Å². The maximum Gasteiger partial charge on any atom is 0.0698 e. The standard InChI is InChI=1S/C31H39N2.C20H12N3.Au/c1-20(2)24-13-11-14-25(21(3)4)30(24)32-19-33(29-18-10-9-17-28(29)32)31-26(22(5)6)15-12-16-27(31)23(7)8;1-3-7-15-13(5-1)9-10-17-18(15)23-20(22-17)19-16-8-4-2-6-14(16)11-12-21-19;/h9-23H,1-8H3;1-12H;/q2*-1;. The molecule has 9 rings (SSSR count). The van der Waals surface area contributed by atoms with Gasteiger partial charge in [-0.05, 0) is 97.1 Å². The third kappa shape index (κ3) is 7.52. The number of benzene rings is 6. The van der Waals surface area contributed by atoms with Crippen molar-refractivity contribution >= 4 is 55.3 Å². The first-order valence-electron chi connectivity index (χ1n) is 20.1. The summed E-state index contributed by atoms with van der Waals surface area (Å²) in [6.45, 7) is 20.7. The number of fused-ring (bicyclic) bond motifs is 5. The van der Waals surface area contributed by atoms with Gasteiger partial charge in [-0.1, -0.05) is 165 Å². The summed E-state index contributed by atoms with van der Waals surface area (Å²) in [5.41, 5.74) is 13.5. The van der Waals surface area contributed by atoms with E-state index in [0.717, 1.165) is 32.9 Å². The van der Waals surface area contributed by atoms with E-state index < -0.39 is 0 Å². The summed E-state index contributed by atoms with van der Waals surface area (Å²) in [4.78, 5) is 18.9. The van der Waals surface area contributed by atoms with Gasteiger partial charge in [0.1, 0.15) is 0 Å². The first kappa shape index (κ1) is 40.0. The molecule has 0 amide bonds. The van der Waals surface area contributed by atoms with Crippen LogP contribution in [0, 0.1) is 6.67 Å². The van der Waals surface area contributed by atoms with Crippen molar-refractivity contribution in [2.75, 3.05) is 9.80 Å². The molecule has 0 spiro atoms. The molecule has 3 heterocycles. The van der Waals surface area contributed by atoms with Gasteiger partial charge in [0.15, 0.2) is 0 Å². The summed E-state index contributed by atoms with van der Waals surface area (Å²) in [6.07, 6.45) is 1.82. The van der Waals surface area contributed by atoms with E-state index in [4.69, 9.17) is 9.97 Å². The monoisotopic (exact) mass is 930 g/mol. The molecule has 0 bridgehead atoms. The van der Waals surface area contributed by atoms with Crippen LogP contribution in [0.5, 0.6) is 0 Å². The van der Waals surface area contributed by atoms with Crippen LogP contribution < -0.4 is 14.8 Å². The molecule has 0 unspecified atom stereocenters. The van der Waals surface area contributed by atoms with Crippen molar-refractivity contribution in [1.29, 1.82) is 0 Å². The molecule has 1 aliphatic rings. The molecule has 6 heteroatoms. The minimum Gasteiger partial charge on any atom is -0.473 e. The molecule has 0 aliphatic carbocycles. The van der Waals surface area contributed by atoms with Gasteiger partial charge in [0.25, 0.3) is 0 Å². The van der Waals surface area contributed by atoms with Crippen molar-refractivity contribution in [2.45, 2.75) is 79.1 Å². The van der Waals surface area contributed by atoms with Crippen molar-refractivity contribution in [3.8, 4) is 11.5 Å². The number of nitrogens with zero attached hydrogens (tertiary/aromatic N) is 5. The van der Waals surface area contributed by atoms with Gasteiger partial charge >= 0.3 is 0 Å². The molecule has 6 aromatic carbocycles.